The van der Waals surface area contributed by atoms with E-state index in [1.165, 1.54) is 13.2 Å². The van der Waals surface area contributed by atoms with E-state index in [9.17, 15) is 9.59 Å². The van der Waals surface area contributed by atoms with Crippen molar-refractivity contribution in [2.75, 3.05) is 7.11 Å². The summed E-state index contributed by atoms with van der Waals surface area (Å²) in [5.74, 6) is 0.932. The van der Waals surface area contributed by atoms with Gasteiger partial charge in [-0.2, -0.15) is 0 Å². The van der Waals surface area contributed by atoms with Gasteiger partial charge in [0.05, 0.1) is 13.0 Å². The number of allylic oxidation sites excluding steroid dienone is 1. The van der Waals surface area contributed by atoms with Crippen LogP contribution in [-0.4, -0.2) is 19.0 Å². The quantitative estimate of drug-likeness (QED) is 0.436. The minimum absolute atomic E-state index is 0.140. The molecule has 0 spiro atoms. The molecule has 0 radical (unpaired) electrons. The van der Waals surface area contributed by atoms with Crippen LogP contribution in [0.5, 0.6) is 0 Å². The molecular weight excluding hydrogens is 363 g/mol. The summed E-state index contributed by atoms with van der Waals surface area (Å²) >= 11 is 12.3. The Bertz CT molecular complexity index is 741. The molecule has 0 N–H and O–H groups in total. The van der Waals surface area contributed by atoms with Crippen molar-refractivity contribution in [3.8, 4) is 12.3 Å². The smallest absolute Gasteiger partial charge is 0.330 e. The van der Waals surface area contributed by atoms with E-state index in [-0.39, 0.29) is 11.3 Å². The Morgan fingerprint density at radius 1 is 1.32 bits per heavy atom. The molecule has 3 unspecified atom stereocenters. The number of hydrogen-bond acceptors (Lipinski definition) is 4. The highest BCUT2D eigenvalue weighted by Gasteiger charge is 2.61. The standard InChI is InChI=1S/C19H18Cl2O4/c1-5-14(16-12(20)7-6-8-13(16)21)25-18(23)17-11(19(17,2)3)9-10-15(22)24-4/h1,6-11,14,17H,2-4H3. The van der Waals surface area contributed by atoms with E-state index >= 15 is 0 Å². The molecule has 4 nitrogen and oxygen atoms in total. The van der Waals surface area contributed by atoms with Crippen molar-refractivity contribution in [2.24, 2.45) is 17.3 Å². The number of esters is 2. The maximum Gasteiger partial charge on any atom is 0.330 e. The maximum absolute atomic E-state index is 12.6. The fourth-order valence-corrected chi connectivity index (χ4v) is 3.46. The minimum Gasteiger partial charge on any atom is -0.466 e. The predicted octanol–water partition coefficient (Wildman–Crippen LogP) is 4.21. The summed E-state index contributed by atoms with van der Waals surface area (Å²) in [5.41, 5.74) is 0.0483. The van der Waals surface area contributed by atoms with Crippen LogP contribution in [0.1, 0.15) is 25.5 Å². The third kappa shape index (κ3) is 4.00. The highest BCUT2D eigenvalue weighted by atomic mass is 35.5. The molecule has 25 heavy (non-hydrogen) atoms. The van der Waals surface area contributed by atoms with Gasteiger partial charge in [0, 0.05) is 21.7 Å². The number of carbonyl (C=O) groups excluding carboxylic acids is 2. The molecule has 2 rings (SSSR count). The molecule has 0 aromatic heterocycles. The number of carbonyl (C=O) groups is 2. The fraction of sp³-hybridized carbons (Fsp3) is 0.368. The summed E-state index contributed by atoms with van der Waals surface area (Å²) in [6.07, 6.45) is 7.50. The lowest BCUT2D eigenvalue weighted by molar-refractivity contribution is -0.149. The van der Waals surface area contributed by atoms with Crippen LogP contribution in [0, 0.1) is 29.6 Å². The largest absolute Gasteiger partial charge is 0.466 e. The molecule has 132 valence electrons. The number of benzene rings is 1. The van der Waals surface area contributed by atoms with E-state index in [4.69, 9.17) is 34.4 Å². The van der Waals surface area contributed by atoms with E-state index in [2.05, 4.69) is 10.7 Å². The molecular formula is C19H18Cl2O4. The van der Waals surface area contributed by atoms with Gasteiger partial charge in [0.1, 0.15) is 0 Å². The highest BCUT2D eigenvalue weighted by Crippen LogP contribution is 2.59. The Morgan fingerprint density at radius 3 is 2.44 bits per heavy atom. The second-order valence-electron chi connectivity index (χ2n) is 6.33. The molecule has 1 aliphatic carbocycles. The van der Waals surface area contributed by atoms with Crippen molar-refractivity contribution in [3.05, 3.63) is 46.0 Å². The average Bonchev–Trinajstić information content (AvgIpc) is 3.12. The Morgan fingerprint density at radius 2 is 1.92 bits per heavy atom. The van der Waals surface area contributed by atoms with E-state index in [0.29, 0.717) is 15.6 Å². The van der Waals surface area contributed by atoms with E-state index in [1.807, 2.05) is 13.8 Å². The minimum atomic E-state index is -0.977. The van der Waals surface area contributed by atoms with Crippen LogP contribution >= 0.6 is 23.2 Å². The first-order chi connectivity index (χ1) is 11.7. The van der Waals surface area contributed by atoms with Crippen LogP contribution in [0.25, 0.3) is 0 Å². The van der Waals surface area contributed by atoms with Crippen molar-refractivity contribution in [1.82, 2.24) is 0 Å². The molecule has 6 heteroatoms. The van der Waals surface area contributed by atoms with Crippen LogP contribution in [0.3, 0.4) is 0 Å². The molecule has 0 bridgehead atoms. The summed E-state index contributed by atoms with van der Waals surface area (Å²) in [7, 11) is 1.29. The molecule has 0 saturated heterocycles. The van der Waals surface area contributed by atoms with Gasteiger partial charge in [-0.3, -0.25) is 4.79 Å². The molecule has 0 amide bonds. The van der Waals surface area contributed by atoms with Gasteiger partial charge in [-0.25, -0.2) is 4.79 Å². The number of methoxy groups -OCH3 is 1. The van der Waals surface area contributed by atoms with Gasteiger partial charge in [-0.05, 0) is 23.5 Å². The van der Waals surface area contributed by atoms with E-state index in [0.717, 1.165) is 0 Å². The normalized spacial score (nSPS) is 22.1. The summed E-state index contributed by atoms with van der Waals surface area (Å²) in [5, 5.41) is 0.667. The van der Waals surface area contributed by atoms with Gasteiger partial charge in [0.2, 0.25) is 0 Å². The fourth-order valence-electron chi connectivity index (χ4n) is 2.86. The number of hydrogen-bond donors (Lipinski definition) is 0. The third-order valence-corrected chi connectivity index (χ3v) is 5.11. The Labute approximate surface area is 157 Å². The molecule has 1 saturated carbocycles. The van der Waals surface area contributed by atoms with Crippen LogP contribution < -0.4 is 0 Å². The lowest BCUT2D eigenvalue weighted by Gasteiger charge is -2.16. The second-order valence-corrected chi connectivity index (χ2v) is 7.14. The number of ether oxygens (including phenoxy) is 2. The van der Waals surface area contributed by atoms with Crippen LogP contribution in [-0.2, 0) is 19.1 Å². The van der Waals surface area contributed by atoms with E-state index < -0.39 is 24.0 Å². The van der Waals surface area contributed by atoms with Gasteiger partial charge >= 0.3 is 11.9 Å². The molecule has 1 aromatic carbocycles. The molecule has 3 atom stereocenters. The molecule has 1 aromatic rings. The van der Waals surface area contributed by atoms with E-state index in [1.54, 1.807) is 24.3 Å². The van der Waals surface area contributed by atoms with Crippen LogP contribution in [0.4, 0.5) is 0 Å². The summed E-state index contributed by atoms with van der Waals surface area (Å²) in [6, 6.07) is 4.94. The molecule has 0 heterocycles. The maximum atomic E-state index is 12.6. The lowest BCUT2D eigenvalue weighted by atomic mass is 10.1. The zero-order valence-corrected chi connectivity index (χ0v) is 15.6. The summed E-state index contributed by atoms with van der Waals surface area (Å²) < 4.78 is 10.0. The first-order valence-electron chi connectivity index (χ1n) is 7.60. The number of halogens is 2. The first-order valence-corrected chi connectivity index (χ1v) is 8.36. The zero-order chi connectivity index (χ0) is 18.8. The molecule has 1 fully saturated rings. The van der Waals surface area contributed by atoms with Gasteiger partial charge in [0.15, 0.2) is 6.10 Å². The van der Waals surface area contributed by atoms with Gasteiger partial charge < -0.3 is 9.47 Å². The van der Waals surface area contributed by atoms with Gasteiger partial charge in [-0.15, -0.1) is 6.42 Å². The van der Waals surface area contributed by atoms with Crippen LogP contribution in [0.2, 0.25) is 10.0 Å². The Kier molecular flexibility index (Phi) is 5.82. The summed E-state index contributed by atoms with van der Waals surface area (Å²) in [4.78, 5) is 23.8. The van der Waals surface area contributed by atoms with Gasteiger partial charge in [0.25, 0.3) is 0 Å². The highest BCUT2D eigenvalue weighted by molar-refractivity contribution is 6.36. The van der Waals surface area contributed by atoms with Crippen LogP contribution in [0.15, 0.2) is 30.4 Å². The van der Waals surface area contributed by atoms with Crippen molar-refractivity contribution in [1.29, 1.82) is 0 Å². The van der Waals surface area contributed by atoms with Crippen molar-refractivity contribution < 1.29 is 19.1 Å². The topological polar surface area (TPSA) is 52.6 Å². The number of terminal acetylenes is 1. The first kappa shape index (κ1) is 19.4. The average molecular weight is 381 g/mol. The Hall–Kier alpha value is -1.96. The molecule has 1 aliphatic rings. The summed E-state index contributed by atoms with van der Waals surface area (Å²) in [6.45, 7) is 3.83. The SMILES string of the molecule is C#CC(OC(=O)C1C(C=CC(=O)OC)C1(C)C)c1c(Cl)cccc1Cl. The van der Waals surface area contributed by atoms with Crippen molar-refractivity contribution in [2.45, 2.75) is 20.0 Å². The van der Waals surface area contributed by atoms with Crippen molar-refractivity contribution in [3.63, 3.8) is 0 Å². The third-order valence-electron chi connectivity index (χ3n) is 4.45. The second kappa shape index (κ2) is 7.51. The monoisotopic (exact) mass is 380 g/mol. The number of rotatable bonds is 5. The zero-order valence-electron chi connectivity index (χ0n) is 14.1. The van der Waals surface area contributed by atoms with Gasteiger partial charge in [-0.1, -0.05) is 55.1 Å². The van der Waals surface area contributed by atoms with Crippen molar-refractivity contribution >= 4 is 35.1 Å². The predicted molar refractivity (Wildman–Crippen MR) is 96.0 cm³/mol. The molecule has 0 aliphatic heterocycles. The Balaban J connectivity index is 2.15. The lowest BCUT2D eigenvalue weighted by Crippen LogP contribution is -2.15.